The van der Waals surface area contributed by atoms with Gasteiger partial charge in [0.2, 0.25) is 0 Å². The summed E-state index contributed by atoms with van der Waals surface area (Å²) >= 11 is 3.84. The summed E-state index contributed by atoms with van der Waals surface area (Å²) < 4.78 is 13.3. The van der Waals surface area contributed by atoms with Gasteiger partial charge in [0, 0.05) is 4.83 Å². The largest absolute Gasteiger partial charge is 0.207 e. The fourth-order valence-corrected chi connectivity index (χ4v) is 3.58. The quantitative estimate of drug-likeness (QED) is 0.629. The van der Waals surface area contributed by atoms with Gasteiger partial charge in [0.25, 0.3) is 0 Å². The van der Waals surface area contributed by atoms with Crippen molar-refractivity contribution in [3.63, 3.8) is 0 Å². The number of aryl methyl sites for hydroxylation is 1. The standard InChI is InChI=1S/C15H20BrF/c1-11-10-12(6-7-13(11)17)14(16)15(2)8-4-3-5-9-15/h6-7,10,14H,3-5,8-9H2,1-2H3. The maximum absolute atomic E-state index is 13.3. The van der Waals surface area contributed by atoms with Crippen LogP contribution in [-0.2, 0) is 0 Å². The predicted molar refractivity (Wildman–Crippen MR) is 74.0 cm³/mol. The molecule has 0 aromatic heterocycles. The smallest absolute Gasteiger partial charge is 0.126 e. The molecule has 1 fully saturated rings. The van der Waals surface area contributed by atoms with Crippen molar-refractivity contribution < 1.29 is 4.39 Å². The molecule has 1 saturated carbocycles. The monoisotopic (exact) mass is 298 g/mol. The summed E-state index contributed by atoms with van der Waals surface area (Å²) in [6.45, 7) is 4.19. The van der Waals surface area contributed by atoms with Gasteiger partial charge in [0.1, 0.15) is 5.82 Å². The highest BCUT2D eigenvalue weighted by Crippen LogP contribution is 2.50. The maximum Gasteiger partial charge on any atom is 0.126 e. The molecule has 0 spiro atoms. The molecule has 1 aliphatic carbocycles. The van der Waals surface area contributed by atoms with E-state index in [0.717, 1.165) is 5.56 Å². The zero-order valence-electron chi connectivity index (χ0n) is 10.6. The molecule has 2 rings (SSSR count). The van der Waals surface area contributed by atoms with Crippen molar-refractivity contribution in [3.8, 4) is 0 Å². The molecule has 0 bridgehead atoms. The van der Waals surface area contributed by atoms with Gasteiger partial charge in [-0.25, -0.2) is 4.39 Å². The van der Waals surface area contributed by atoms with E-state index in [1.807, 2.05) is 19.1 Å². The molecule has 17 heavy (non-hydrogen) atoms. The Balaban J connectivity index is 2.23. The van der Waals surface area contributed by atoms with Gasteiger partial charge in [-0.05, 0) is 42.4 Å². The topological polar surface area (TPSA) is 0 Å². The molecule has 0 amide bonds. The van der Waals surface area contributed by atoms with Gasteiger partial charge >= 0.3 is 0 Å². The predicted octanol–water partition coefficient (Wildman–Crippen LogP) is 5.54. The summed E-state index contributed by atoms with van der Waals surface area (Å²) in [5.74, 6) is -0.109. The van der Waals surface area contributed by atoms with E-state index in [1.165, 1.54) is 37.7 Å². The Morgan fingerprint density at radius 1 is 1.24 bits per heavy atom. The lowest BCUT2D eigenvalue weighted by Gasteiger charge is -2.38. The van der Waals surface area contributed by atoms with Gasteiger partial charge in [-0.15, -0.1) is 0 Å². The maximum atomic E-state index is 13.3. The molecular formula is C15H20BrF. The summed E-state index contributed by atoms with van der Waals surface area (Å²) in [4.78, 5) is 0.342. The van der Waals surface area contributed by atoms with E-state index in [9.17, 15) is 4.39 Å². The molecule has 2 heteroatoms. The van der Waals surface area contributed by atoms with Gasteiger partial charge in [0.15, 0.2) is 0 Å². The van der Waals surface area contributed by atoms with Gasteiger partial charge < -0.3 is 0 Å². The molecule has 1 atom stereocenters. The van der Waals surface area contributed by atoms with Crippen LogP contribution in [0.1, 0.15) is 55.0 Å². The molecule has 94 valence electrons. The first-order valence-corrected chi connectivity index (χ1v) is 7.35. The number of halogens is 2. The third-order valence-electron chi connectivity index (χ3n) is 4.08. The first kappa shape index (κ1) is 13.1. The summed E-state index contributed by atoms with van der Waals surface area (Å²) in [5, 5.41) is 0. The summed E-state index contributed by atoms with van der Waals surface area (Å²) in [5.41, 5.74) is 2.28. The van der Waals surface area contributed by atoms with Crippen LogP contribution in [0.2, 0.25) is 0 Å². The molecule has 0 N–H and O–H groups in total. The number of hydrogen-bond acceptors (Lipinski definition) is 0. The minimum absolute atomic E-state index is 0.109. The van der Waals surface area contributed by atoms with Crippen molar-refractivity contribution in [2.24, 2.45) is 5.41 Å². The Bertz CT molecular complexity index is 394. The first-order valence-electron chi connectivity index (χ1n) is 6.43. The van der Waals surface area contributed by atoms with Crippen molar-refractivity contribution in [2.75, 3.05) is 0 Å². The molecule has 1 aromatic carbocycles. The van der Waals surface area contributed by atoms with Crippen LogP contribution in [0, 0.1) is 18.2 Å². The summed E-state index contributed by atoms with van der Waals surface area (Å²) in [7, 11) is 0. The van der Waals surface area contributed by atoms with Crippen molar-refractivity contribution in [1.82, 2.24) is 0 Å². The second-order valence-electron chi connectivity index (χ2n) is 5.59. The van der Waals surface area contributed by atoms with E-state index in [-0.39, 0.29) is 5.82 Å². The van der Waals surface area contributed by atoms with Gasteiger partial charge in [-0.1, -0.05) is 54.2 Å². The highest BCUT2D eigenvalue weighted by Gasteiger charge is 2.34. The van der Waals surface area contributed by atoms with Gasteiger partial charge in [-0.3, -0.25) is 0 Å². The fraction of sp³-hybridized carbons (Fsp3) is 0.600. The molecule has 0 nitrogen and oxygen atoms in total. The normalized spacial score (nSPS) is 21.2. The Morgan fingerprint density at radius 2 is 1.88 bits per heavy atom. The lowest BCUT2D eigenvalue weighted by atomic mass is 9.72. The summed E-state index contributed by atoms with van der Waals surface area (Å²) in [6.07, 6.45) is 6.52. The second kappa shape index (κ2) is 5.09. The Hall–Kier alpha value is -0.370. The van der Waals surface area contributed by atoms with E-state index in [4.69, 9.17) is 0 Å². The number of alkyl halides is 1. The van der Waals surface area contributed by atoms with Crippen molar-refractivity contribution in [2.45, 2.75) is 50.8 Å². The van der Waals surface area contributed by atoms with E-state index >= 15 is 0 Å². The van der Waals surface area contributed by atoms with E-state index in [1.54, 1.807) is 6.07 Å². The highest BCUT2D eigenvalue weighted by atomic mass is 79.9. The average molecular weight is 299 g/mol. The zero-order valence-corrected chi connectivity index (χ0v) is 12.2. The molecule has 0 radical (unpaired) electrons. The van der Waals surface area contributed by atoms with E-state index in [2.05, 4.69) is 22.9 Å². The van der Waals surface area contributed by atoms with Crippen LogP contribution in [0.4, 0.5) is 4.39 Å². The van der Waals surface area contributed by atoms with Crippen LogP contribution in [0.3, 0.4) is 0 Å². The van der Waals surface area contributed by atoms with Gasteiger partial charge in [-0.2, -0.15) is 0 Å². The first-order chi connectivity index (χ1) is 8.03. The van der Waals surface area contributed by atoms with Crippen molar-refractivity contribution in [3.05, 3.63) is 35.1 Å². The average Bonchev–Trinajstić information content (AvgIpc) is 2.33. The zero-order chi connectivity index (χ0) is 12.5. The lowest BCUT2D eigenvalue weighted by Crippen LogP contribution is -2.25. The minimum Gasteiger partial charge on any atom is -0.207 e. The SMILES string of the molecule is Cc1cc(C(Br)C2(C)CCCCC2)ccc1F. The molecule has 1 aromatic rings. The van der Waals surface area contributed by atoms with Crippen molar-refractivity contribution >= 4 is 15.9 Å². The Morgan fingerprint density at radius 3 is 2.47 bits per heavy atom. The van der Waals surface area contributed by atoms with Crippen LogP contribution >= 0.6 is 15.9 Å². The molecule has 1 unspecified atom stereocenters. The molecular weight excluding hydrogens is 279 g/mol. The van der Waals surface area contributed by atoms with Crippen molar-refractivity contribution in [1.29, 1.82) is 0 Å². The minimum atomic E-state index is -0.109. The number of rotatable bonds is 2. The molecule has 0 saturated heterocycles. The van der Waals surface area contributed by atoms with Crippen LogP contribution in [0.25, 0.3) is 0 Å². The van der Waals surface area contributed by atoms with Crippen LogP contribution in [0.5, 0.6) is 0 Å². The highest BCUT2D eigenvalue weighted by molar-refractivity contribution is 9.09. The third-order valence-corrected chi connectivity index (χ3v) is 5.72. The van der Waals surface area contributed by atoms with E-state index < -0.39 is 0 Å². The number of benzene rings is 1. The Labute approximate surface area is 112 Å². The number of hydrogen-bond donors (Lipinski definition) is 0. The lowest BCUT2D eigenvalue weighted by molar-refractivity contribution is 0.213. The van der Waals surface area contributed by atoms with Crippen LogP contribution in [-0.4, -0.2) is 0 Å². The third kappa shape index (κ3) is 2.73. The van der Waals surface area contributed by atoms with Crippen LogP contribution in [0.15, 0.2) is 18.2 Å². The molecule has 0 aliphatic heterocycles. The van der Waals surface area contributed by atoms with E-state index in [0.29, 0.717) is 10.2 Å². The van der Waals surface area contributed by atoms with Crippen LogP contribution < -0.4 is 0 Å². The molecule has 0 heterocycles. The molecule has 1 aliphatic rings. The second-order valence-corrected chi connectivity index (χ2v) is 6.50. The fourth-order valence-electron chi connectivity index (χ4n) is 2.84. The van der Waals surface area contributed by atoms with Gasteiger partial charge in [0.05, 0.1) is 0 Å². The Kier molecular flexibility index (Phi) is 3.92. The summed E-state index contributed by atoms with van der Waals surface area (Å²) in [6, 6.07) is 5.49.